The number of aryl methyl sites for hydroxylation is 1. The number of carbonyl (C=O) groups excluding carboxylic acids is 1. The number of benzene rings is 2. The van der Waals surface area contributed by atoms with Gasteiger partial charge in [-0.15, -0.1) is 22.7 Å². The third-order valence-electron chi connectivity index (χ3n) is 4.77. The van der Waals surface area contributed by atoms with Gasteiger partial charge in [0.1, 0.15) is 0 Å². The normalized spacial score (nSPS) is 11.3. The maximum atomic E-state index is 12.4. The molecule has 0 unspecified atom stereocenters. The summed E-state index contributed by atoms with van der Waals surface area (Å²) in [6.07, 6.45) is 0.799. The molecule has 1 amide bonds. The van der Waals surface area contributed by atoms with Crippen molar-refractivity contribution in [1.29, 1.82) is 0 Å². The summed E-state index contributed by atoms with van der Waals surface area (Å²) in [6.45, 7) is 2.49. The van der Waals surface area contributed by atoms with Crippen molar-refractivity contribution in [3.05, 3.63) is 81.6 Å². The molecular formula is C23H22N4O3S3. The van der Waals surface area contributed by atoms with Crippen LogP contribution in [0.5, 0.6) is 0 Å². The second-order valence-electron chi connectivity index (χ2n) is 7.29. The monoisotopic (exact) mass is 498 g/mol. The molecule has 7 nitrogen and oxygen atoms in total. The van der Waals surface area contributed by atoms with Gasteiger partial charge in [-0.1, -0.05) is 42.5 Å². The second-order valence-corrected chi connectivity index (χ2v) is 10.9. The van der Waals surface area contributed by atoms with Gasteiger partial charge in [-0.2, -0.15) is 0 Å². The van der Waals surface area contributed by atoms with Crippen LogP contribution in [0.25, 0.3) is 11.3 Å². The van der Waals surface area contributed by atoms with E-state index in [4.69, 9.17) is 0 Å². The number of carbonyl (C=O) groups is 1. The molecule has 0 atom stereocenters. The van der Waals surface area contributed by atoms with Crippen LogP contribution in [-0.2, 0) is 27.7 Å². The van der Waals surface area contributed by atoms with Gasteiger partial charge in [-0.25, -0.2) is 18.4 Å². The molecule has 10 heteroatoms. The van der Waals surface area contributed by atoms with E-state index in [2.05, 4.69) is 20.0 Å². The molecular weight excluding hydrogens is 476 g/mol. The number of sulfonamides is 1. The molecule has 0 aliphatic heterocycles. The smallest absolute Gasteiger partial charge is 0.263 e. The van der Waals surface area contributed by atoms with Gasteiger partial charge in [0.15, 0.2) is 5.13 Å². The predicted octanol–water partition coefficient (Wildman–Crippen LogP) is 4.28. The number of rotatable bonds is 9. The number of thiazole rings is 2. The van der Waals surface area contributed by atoms with Gasteiger partial charge in [0.25, 0.3) is 10.0 Å². The summed E-state index contributed by atoms with van der Waals surface area (Å²) in [5.74, 6) is -0.160. The van der Waals surface area contributed by atoms with Crippen LogP contribution in [0.1, 0.15) is 16.3 Å². The molecule has 2 aromatic carbocycles. The van der Waals surface area contributed by atoms with Crippen LogP contribution in [0.2, 0.25) is 0 Å². The quantitative estimate of drug-likeness (QED) is 0.359. The third-order valence-corrected chi connectivity index (χ3v) is 7.84. The highest BCUT2D eigenvalue weighted by atomic mass is 32.2. The van der Waals surface area contributed by atoms with E-state index in [9.17, 15) is 13.2 Å². The van der Waals surface area contributed by atoms with Crippen molar-refractivity contribution in [3.8, 4) is 11.3 Å². The Balaban J connectivity index is 1.25. The molecule has 2 aromatic heterocycles. The van der Waals surface area contributed by atoms with Gasteiger partial charge in [-0.3, -0.25) is 9.52 Å². The van der Waals surface area contributed by atoms with E-state index in [1.54, 1.807) is 34.9 Å². The first-order valence-electron chi connectivity index (χ1n) is 10.2. The van der Waals surface area contributed by atoms with E-state index in [0.717, 1.165) is 33.2 Å². The maximum Gasteiger partial charge on any atom is 0.263 e. The first-order valence-corrected chi connectivity index (χ1v) is 13.4. The number of hydrogen-bond donors (Lipinski definition) is 2. The molecule has 0 fully saturated rings. The van der Waals surface area contributed by atoms with Crippen molar-refractivity contribution in [3.63, 3.8) is 0 Å². The van der Waals surface area contributed by atoms with E-state index in [1.807, 2.05) is 36.6 Å². The van der Waals surface area contributed by atoms with Crippen LogP contribution < -0.4 is 10.0 Å². The number of nitrogens with zero attached hydrogens (tertiary/aromatic N) is 2. The SMILES string of the molecule is Cc1nc(-c2ccc(CCNC(=O)Cc3csc(NS(=O)(=O)c4ccccc4)n3)cc2)cs1. The fourth-order valence-electron chi connectivity index (χ4n) is 3.12. The van der Waals surface area contributed by atoms with E-state index < -0.39 is 10.0 Å². The third kappa shape index (κ3) is 6.25. The Labute approximate surface area is 200 Å². The molecule has 0 saturated carbocycles. The van der Waals surface area contributed by atoms with Crippen LogP contribution in [0.15, 0.2) is 70.3 Å². The lowest BCUT2D eigenvalue weighted by molar-refractivity contribution is -0.120. The van der Waals surface area contributed by atoms with E-state index >= 15 is 0 Å². The fourth-order valence-corrected chi connectivity index (χ4v) is 5.73. The molecule has 0 spiro atoms. The Morgan fingerprint density at radius 2 is 1.73 bits per heavy atom. The minimum atomic E-state index is -3.70. The lowest BCUT2D eigenvalue weighted by Crippen LogP contribution is -2.27. The minimum Gasteiger partial charge on any atom is -0.355 e. The van der Waals surface area contributed by atoms with Crippen molar-refractivity contribution in [2.24, 2.45) is 0 Å². The Bertz CT molecular complexity index is 1330. The highest BCUT2D eigenvalue weighted by Crippen LogP contribution is 2.22. The Morgan fingerprint density at radius 1 is 0.970 bits per heavy atom. The number of nitrogens with one attached hydrogen (secondary N) is 2. The van der Waals surface area contributed by atoms with Gasteiger partial charge in [0.05, 0.1) is 27.7 Å². The van der Waals surface area contributed by atoms with Gasteiger partial charge < -0.3 is 5.32 Å². The number of anilines is 1. The molecule has 2 heterocycles. The molecule has 0 saturated heterocycles. The molecule has 4 aromatic rings. The summed E-state index contributed by atoms with van der Waals surface area (Å²) in [5, 5.41) is 7.89. The number of aromatic nitrogens is 2. The maximum absolute atomic E-state index is 12.4. The average molecular weight is 499 g/mol. The highest BCUT2D eigenvalue weighted by molar-refractivity contribution is 7.93. The predicted molar refractivity (Wildman–Crippen MR) is 132 cm³/mol. The molecule has 0 radical (unpaired) electrons. The minimum absolute atomic E-state index is 0.0890. The van der Waals surface area contributed by atoms with Gasteiger partial charge in [0.2, 0.25) is 5.91 Å². The first kappa shape index (κ1) is 23.1. The molecule has 170 valence electrons. The Kier molecular flexibility index (Phi) is 7.17. The zero-order valence-electron chi connectivity index (χ0n) is 17.8. The highest BCUT2D eigenvalue weighted by Gasteiger charge is 2.16. The average Bonchev–Trinajstić information content (AvgIpc) is 3.43. The fraction of sp³-hybridized carbons (Fsp3) is 0.174. The lowest BCUT2D eigenvalue weighted by atomic mass is 10.1. The molecule has 0 bridgehead atoms. The summed E-state index contributed by atoms with van der Waals surface area (Å²) in [4.78, 5) is 21.1. The molecule has 2 N–H and O–H groups in total. The van der Waals surface area contributed by atoms with Gasteiger partial charge in [-0.05, 0) is 31.0 Å². The van der Waals surface area contributed by atoms with Crippen molar-refractivity contribution >= 4 is 43.7 Å². The van der Waals surface area contributed by atoms with Crippen LogP contribution in [-0.4, -0.2) is 30.8 Å². The Hall–Kier alpha value is -3.08. The van der Waals surface area contributed by atoms with Gasteiger partial charge >= 0.3 is 0 Å². The topological polar surface area (TPSA) is 101 Å². The summed E-state index contributed by atoms with van der Waals surface area (Å²) in [5.41, 5.74) is 3.70. The van der Waals surface area contributed by atoms with Crippen LogP contribution >= 0.6 is 22.7 Å². The molecule has 33 heavy (non-hydrogen) atoms. The summed E-state index contributed by atoms with van der Waals surface area (Å²) in [7, 11) is -3.70. The first-order chi connectivity index (χ1) is 15.9. The second kappa shape index (κ2) is 10.2. The van der Waals surface area contributed by atoms with Crippen molar-refractivity contribution in [2.45, 2.75) is 24.7 Å². The Morgan fingerprint density at radius 3 is 2.42 bits per heavy atom. The van der Waals surface area contributed by atoms with Crippen LogP contribution in [0, 0.1) is 6.92 Å². The zero-order valence-corrected chi connectivity index (χ0v) is 20.3. The number of hydrogen-bond acceptors (Lipinski definition) is 7. The van der Waals surface area contributed by atoms with Gasteiger partial charge in [0, 0.05) is 22.9 Å². The zero-order chi connectivity index (χ0) is 23.3. The summed E-state index contributed by atoms with van der Waals surface area (Å²) < 4.78 is 27.2. The lowest BCUT2D eigenvalue weighted by Gasteiger charge is -2.06. The largest absolute Gasteiger partial charge is 0.355 e. The van der Waals surface area contributed by atoms with Crippen LogP contribution in [0.4, 0.5) is 5.13 Å². The van der Waals surface area contributed by atoms with Crippen LogP contribution in [0.3, 0.4) is 0 Å². The van der Waals surface area contributed by atoms with Crippen molar-refractivity contribution in [2.75, 3.05) is 11.3 Å². The summed E-state index contributed by atoms with van der Waals surface area (Å²) in [6, 6.07) is 16.2. The van der Waals surface area contributed by atoms with E-state index in [-0.39, 0.29) is 22.4 Å². The van der Waals surface area contributed by atoms with Crippen molar-refractivity contribution < 1.29 is 13.2 Å². The molecule has 0 aliphatic carbocycles. The molecule has 0 aliphatic rings. The molecule has 4 rings (SSSR count). The summed E-state index contributed by atoms with van der Waals surface area (Å²) >= 11 is 2.78. The van der Waals surface area contributed by atoms with E-state index in [1.165, 1.54) is 12.1 Å². The van der Waals surface area contributed by atoms with Crippen molar-refractivity contribution in [1.82, 2.24) is 15.3 Å². The standard InChI is InChI=1S/C23H22N4O3S3/c1-16-25-21(15-31-16)18-9-7-17(8-10-18)11-12-24-22(28)13-19-14-32-23(26-19)27-33(29,30)20-5-3-2-4-6-20/h2-10,14-15H,11-13H2,1H3,(H,24,28)(H,26,27). The number of amides is 1. The van der Waals surface area contributed by atoms with E-state index in [0.29, 0.717) is 18.7 Å².